The second-order valence-electron chi connectivity index (χ2n) is 4.07. The molecule has 1 aromatic carbocycles. The third-order valence-corrected chi connectivity index (χ3v) is 3.67. The van der Waals surface area contributed by atoms with Crippen LogP contribution in [0.25, 0.3) is 0 Å². The molecule has 2 aromatic rings. The standard InChI is InChI=1S/C14H13N3O3S2/c1-20-10-5-2-4-9(8-10)12(18)15-14(21)17-16-13(19)11-6-3-7-22-11/h2-8H,1H3,(H,16,19)(H2,15,17,18,21). The number of hydrogen-bond acceptors (Lipinski definition) is 5. The minimum absolute atomic E-state index is 0.00211. The lowest BCUT2D eigenvalue weighted by atomic mass is 10.2. The highest BCUT2D eigenvalue weighted by Gasteiger charge is 2.10. The van der Waals surface area contributed by atoms with Crippen LogP contribution < -0.4 is 20.9 Å². The minimum Gasteiger partial charge on any atom is -0.497 e. The first-order chi connectivity index (χ1) is 10.6. The summed E-state index contributed by atoms with van der Waals surface area (Å²) >= 11 is 6.25. The van der Waals surface area contributed by atoms with Crippen LogP contribution in [0.2, 0.25) is 0 Å². The van der Waals surface area contributed by atoms with E-state index >= 15 is 0 Å². The molecule has 0 fully saturated rings. The summed E-state index contributed by atoms with van der Waals surface area (Å²) in [6, 6.07) is 10.1. The number of hydrogen-bond donors (Lipinski definition) is 3. The zero-order valence-electron chi connectivity index (χ0n) is 11.6. The largest absolute Gasteiger partial charge is 0.497 e. The number of thiophene rings is 1. The van der Waals surface area contributed by atoms with Crippen LogP contribution >= 0.6 is 23.6 Å². The molecule has 0 radical (unpaired) electrons. The van der Waals surface area contributed by atoms with E-state index in [4.69, 9.17) is 17.0 Å². The summed E-state index contributed by atoms with van der Waals surface area (Å²) in [6.45, 7) is 0. The van der Waals surface area contributed by atoms with Crippen molar-refractivity contribution in [3.63, 3.8) is 0 Å². The Labute approximate surface area is 136 Å². The zero-order valence-corrected chi connectivity index (χ0v) is 13.2. The number of ether oxygens (including phenoxy) is 1. The zero-order chi connectivity index (χ0) is 15.9. The van der Waals surface area contributed by atoms with Gasteiger partial charge in [0.15, 0.2) is 5.11 Å². The molecule has 0 saturated carbocycles. The van der Waals surface area contributed by atoms with Crippen molar-refractivity contribution in [3.05, 3.63) is 52.2 Å². The van der Waals surface area contributed by atoms with Crippen molar-refractivity contribution in [1.29, 1.82) is 0 Å². The van der Waals surface area contributed by atoms with Crippen LogP contribution in [-0.2, 0) is 0 Å². The van der Waals surface area contributed by atoms with Crippen LogP contribution in [0.5, 0.6) is 5.75 Å². The summed E-state index contributed by atoms with van der Waals surface area (Å²) in [7, 11) is 1.52. The van der Waals surface area contributed by atoms with Crippen LogP contribution in [0, 0.1) is 0 Å². The molecule has 0 saturated heterocycles. The number of carbonyl (C=O) groups is 2. The van der Waals surface area contributed by atoms with Crippen molar-refractivity contribution in [2.24, 2.45) is 0 Å². The first-order valence-corrected chi connectivity index (χ1v) is 7.48. The van der Waals surface area contributed by atoms with E-state index in [9.17, 15) is 9.59 Å². The van der Waals surface area contributed by atoms with Crippen molar-refractivity contribution in [2.75, 3.05) is 7.11 Å². The molecule has 114 valence electrons. The molecule has 22 heavy (non-hydrogen) atoms. The fourth-order valence-electron chi connectivity index (χ4n) is 1.55. The molecular formula is C14H13N3O3S2. The SMILES string of the molecule is COc1cccc(C(=O)NC(=S)NNC(=O)c2cccs2)c1. The Morgan fingerprint density at radius 1 is 1.14 bits per heavy atom. The molecule has 1 aromatic heterocycles. The quantitative estimate of drug-likeness (QED) is 0.588. The topological polar surface area (TPSA) is 79.5 Å². The second kappa shape index (κ2) is 7.53. The monoisotopic (exact) mass is 335 g/mol. The highest BCUT2D eigenvalue weighted by atomic mass is 32.1. The van der Waals surface area contributed by atoms with Gasteiger partial charge in [0.05, 0.1) is 12.0 Å². The molecule has 0 spiro atoms. The Kier molecular flexibility index (Phi) is 5.45. The first-order valence-electron chi connectivity index (χ1n) is 6.19. The summed E-state index contributed by atoms with van der Waals surface area (Å²) in [5.41, 5.74) is 5.28. The third kappa shape index (κ3) is 4.27. The lowest BCUT2D eigenvalue weighted by Gasteiger charge is -2.10. The molecular weight excluding hydrogens is 322 g/mol. The lowest BCUT2D eigenvalue weighted by Crippen LogP contribution is -2.48. The molecule has 1 heterocycles. The number of rotatable bonds is 3. The van der Waals surface area contributed by atoms with Gasteiger partial charge in [-0.05, 0) is 41.9 Å². The van der Waals surface area contributed by atoms with E-state index < -0.39 is 5.91 Å². The molecule has 2 amide bonds. The van der Waals surface area contributed by atoms with E-state index in [-0.39, 0.29) is 11.0 Å². The summed E-state index contributed by atoms with van der Waals surface area (Å²) < 4.78 is 5.05. The predicted molar refractivity (Wildman–Crippen MR) is 88.0 cm³/mol. The Hall–Kier alpha value is -2.45. The van der Waals surface area contributed by atoms with Crippen molar-refractivity contribution >= 4 is 40.5 Å². The van der Waals surface area contributed by atoms with E-state index in [2.05, 4.69) is 16.2 Å². The summed E-state index contributed by atoms with van der Waals surface area (Å²) in [6.07, 6.45) is 0. The van der Waals surface area contributed by atoms with Gasteiger partial charge in [-0.15, -0.1) is 11.3 Å². The Morgan fingerprint density at radius 3 is 2.64 bits per heavy atom. The van der Waals surface area contributed by atoms with E-state index in [0.717, 1.165) is 0 Å². The van der Waals surface area contributed by atoms with E-state index in [1.165, 1.54) is 18.4 Å². The van der Waals surface area contributed by atoms with Crippen LogP contribution in [-0.4, -0.2) is 24.0 Å². The smallest absolute Gasteiger partial charge is 0.279 e. The van der Waals surface area contributed by atoms with Gasteiger partial charge in [0.2, 0.25) is 0 Å². The van der Waals surface area contributed by atoms with Gasteiger partial charge >= 0.3 is 0 Å². The lowest BCUT2D eigenvalue weighted by molar-refractivity contribution is 0.0938. The molecule has 0 aliphatic rings. The summed E-state index contributed by atoms with van der Waals surface area (Å²) in [5.74, 6) is -0.160. The highest BCUT2D eigenvalue weighted by Crippen LogP contribution is 2.12. The molecule has 2 rings (SSSR count). The number of amides is 2. The van der Waals surface area contributed by atoms with E-state index in [0.29, 0.717) is 16.2 Å². The van der Waals surface area contributed by atoms with Crippen LogP contribution in [0.4, 0.5) is 0 Å². The second-order valence-corrected chi connectivity index (χ2v) is 5.43. The van der Waals surface area contributed by atoms with Crippen molar-refractivity contribution in [3.8, 4) is 5.75 Å². The fourth-order valence-corrected chi connectivity index (χ4v) is 2.32. The molecule has 0 bridgehead atoms. The number of nitrogens with one attached hydrogen (secondary N) is 3. The van der Waals surface area contributed by atoms with Crippen LogP contribution in [0.15, 0.2) is 41.8 Å². The Balaban J connectivity index is 1.86. The maximum Gasteiger partial charge on any atom is 0.279 e. The van der Waals surface area contributed by atoms with E-state index in [1.54, 1.807) is 41.8 Å². The summed E-state index contributed by atoms with van der Waals surface area (Å²) in [5, 5.41) is 4.25. The van der Waals surface area contributed by atoms with Crippen molar-refractivity contribution in [2.45, 2.75) is 0 Å². The van der Waals surface area contributed by atoms with Crippen molar-refractivity contribution in [1.82, 2.24) is 16.2 Å². The molecule has 6 nitrogen and oxygen atoms in total. The van der Waals surface area contributed by atoms with Crippen molar-refractivity contribution < 1.29 is 14.3 Å². The Bertz CT molecular complexity index is 686. The van der Waals surface area contributed by atoms with Gasteiger partial charge in [-0.1, -0.05) is 12.1 Å². The fraction of sp³-hybridized carbons (Fsp3) is 0.0714. The molecule has 0 atom stereocenters. The molecule has 3 N–H and O–H groups in total. The molecule has 0 aliphatic heterocycles. The maximum atomic E-state index is 12.0. The van der Waals surface area contributed by atoms with Crippen LogP contribution in [0.3, 0.4) is 0 Å². The van der Waals surface area contributed by atoms with Gasteiger partial charge in [0.25, 0.3) is 11.8 Å². The van der Waals surface area contributed by atoms with E-state index in [1.807, 2.05) is 0 Å². The molecule has 0 aliphatic carbocycles. The van der Waals surface area contributed by atoms with Gasteiger partial charge < -0.3 is 4.74 Å². The van der Waals surface area contributed by atoms with Crippen LogP contribution in [0.1, 0.15) is 20.0 Å². The minimum atomic E-state index is -0.401. The maximum absolute atomic E-state index is 12.0. The highest BCUT2D eigenvalue weighted by molar-refractivity contribution is 7.80. The van der Waals surface area contributed by atoms with Gasteiger partial charge in [0, 0.05) is 5.56 Å². The molecule has 0 unspecified atom stereocenters. The number of carbonyl (C=O) groups excluding carboxylic acids is 2. The number of methoxy groups -OCH3 is 1. The third-order valence-electron chi connectivity index (χ3n) is 2.59. The average Bonchev–Trinajstić information content (AvgIpc) is 3.07. The normalized spacial score (nSPS) is 9.68. The Morgan fingerprint density at radius 2 is 1.95 bits per heavy atom. The number of benzene rings is 1. The van der Waals surface area contributed by atoms with Gasteiger partial charge in [-0.3, -0.25) is 25.8 Å². The number of hydrazine groups is 1. The number of thiocarbonyl (C=S) groups is 1. The summed E-state index contributed by atoms with van der Waals surface area (Å²) in [4.78, 5) is 24.2. The van der Waals surface area contributed by atoms with Gasteiger partial charge in [-0.2, -0.15) is 0 Å². The van der Waals surface area contributed by atoms with Gasteiger partial charge in [0.1, 0.15) is 5.75 Å². The van der Waals surface area contributed by atoms with Gasteiger partial charge in [-0.25, -0.2) is 0 Å². The average molecular weight is 335 g/mol. The molecule has 8 heteroatoms. The predicted octanol–water partition coefficient (Wildman–Crippen LogP) is 1.71. The first kappa shape index (κ1) is 15.9.